The predicted octanol–water partition coefficient (Wildman–Crippen LogP) is 18.6. The minimum absolute atomic E-state index is 0.882. The smallest absolute Gasteiger partial charge is 0.143 e. The van der Waals surface area contributed by atoms with Crippen LogP contribution in [0.3, 0.4) is 0 Å². The summed E-state index contributed by atoms with van der Waals surface area (Å²) in [5.41, 5.74) is 15.3. The Morgan fingerprint density at radius 1 is 0.304 bits per heavy atom. The van der Waals surface area contributed by atoms with E-state index in [2.05, 4.69) is 264 Å². The number of anilines is 3. The van der Waals surface area contributed by atoms with Crippen LogP contribution in [-0.4, -0.2) is 4.57 Å². The van der Waals surface area contributed by atoms with Crippen LogP contribution in [0.1, 0.15) is 0 Å². The highest BCUT2D eigenvalue weighted by Gasteiger charge is 2.22. The van der Waals surface area contributed by atoms with Crippen molar-refractivity contribution in [3.05, 3.63) is 255 Å². The second-order valence-electron chi connectivity index (χ2n) is 18.0. The maximum atomic E-state index is 6.85. The Labute approximate surface area is 399 Å². The second kappa shape index (κ2) is 15.7. The van der Waals surface area contributed by atoms with E-state index >= 15 is 0 Å². The van der Waals surface area contributed by atoms with Crippen LogP contribution in [0.25, 0.3) is 115 Å². The molecule has 0 fully saturated rings. The van der Waals surface area contributed by atoms with E-state index in [1.54, 1.807) is 0 Å². The van der Waals surface area contributed by atoms with Crippen LogP contribution in [-0.2, 0) is 0 Å². The number of benzene rings is 12. The van der Waals surface area contributed by atoms with E-state index in [0.717, 1.165) is 66.9 Å². The number of para-hydroxylation sites is 4. The quantitative estimate of drug-likeness (QED) is 0.149. The van der Waals surface area contributed by atoms with Crippen LogP contribution in [0.4, 0.5) is 17.1 Å². The van der Waals surface area contributed by atoms with Gasteiger partial charge in [0, 0.05) is 49.7 Å². The van der Waals surface area contributed by atoms with Gasteiger partial charge in [-0.25, -0.2) is 0 Å². The molecular weight excluding hydrogens is 837 g/mol. The van der Waals surface area contributed by atoms with Gasteiger partial charge in [0.05, 0.1) is 16.7 Å². The first kappa shape index (κ1) is 39.0. The fourth-order valence-electron chi connectivity index (χ4n) is 10.9. The van der Waals surface area contributed by atoms with Crippen molar-refractivity contribution in [1.29, 1.82) is 0 Å². The standard InChI is InChI=1S/C66H42N2O/c1-2-16-47-42-65-61(40-46(47)15-1)59-27-14-26-58(66(59)69-65)57-25-9-10-28-62(57)67(50-37-33-44(34-38-50)60-41-48-17-3-4-20-52(48)53-21-5-6-22-54(53)60)49-35-31-43(32-36-49)45-18-13-19-51(39-45)68-63-29-11-7-23-55(63)56-24-8-12-30-64(56)68/h1-42H. The molecule has 0 saturated carbocycles. The number of hydrogen-bond acceptors (Lipinski definition) is 2. The third kappa shape index (κ3) is 6.36. The Morgan fingerprint density at radius 3 is 1.59 bits per heavy atom. The molecule has 0 amide bonds. The lowest BCUT2D eigenvalue weighted by atomic mass is 9.93. The highest BCUT2D eigenvalue weighted by molar-refractivity contribution is 6.15. The number of fused-ring (bicyclic) bond motifs is 10. The van der Waals surface area contributed by atoms with Crippen LogP contribution in [0.5, 0.6) is 0 Å². The number of hydrogen-bond donors (Lipinski definition) is 0. The third-order valence-corrected chi connectivity index (χ3v) is 14.1. The summed E-state index contributed by atoms with van der Waals surface area (Å²) >= 11 is 0. The lowest BCUT2D eigenvalue weighted by molar-refractivity contribution is 0.670. The van der Waals surface area contributed by atoms with E-state index < -0.39 is 0 Å². The van der Waals surface area contributed by atoms with Crippen molar-refractivity contribution in [1.82, 2.24) is 4.57 Å². The van der Waals surface area contributed by atoms with Gasteiger partial charge in [0.2, 0.25) is 0 Å². The third-order valence-electron chi connectivity index (χ3n) is 14.1. The topological polar surface area (TPSA) is 21.3 Å². The average molecular weight is 879 g/mol. The molecule has 0 unspecified atom stereocenters. The molecule has 0 atom stereocenters. The van der Waals surface area contributed by atoms with Crippen molar-refractivity contribution in [3.63, 3.8) is 0 Å². The highest BCUT2D eigenvalue weighted by atomic mass is 16.3. The van der Waals surface area contributed by atoms with Crippen molar-refractivity contribution in [2.75, 3.05) is 4.90 Å². The Balaban J connectivity index is 0.915. The molecule has 0 aliphatic carbocycles. The number of nitrogens with zero attached hydrogens (tertiary/aromatic N) is 2. The molecule has 0 N–H and O–H groups in total. The van der Waals surface area contributed by atoms with Gasteiger partial charge in [0.1, 0.15) is 11.2 Å². The molecule has 0 radical (unpaired) electrons. The van der Waals surface area contributed by atoms with E-state index in [1.807, 2.05) is 0 Å². The maximum absolute atomic E-state index is 6.85. The van der Waals surface area contributed by atoms with E-state index in [4.69, 9.17) is 4.42 Å². The van der Waals surface area contributed by atoms with Crippen molar-refractivity contribution in [2.45, 2.75) is 0 Å². The number of aromatic nitrogens is 1. The first-order chi connectivity index (χ1) is 34.2. The van der Waals surface area contributed by atoms with Gasteiger partial charge >= 0.3 is 0 Å². The molecule has 2 heterocycles. The largest absolute Gasteiger partial charge is 0.455 e. The van der Waals surface area contributed by atoms with E-state index in [-0.39, 0.29) is 0 Å². The Morgan fingerprint density at radius 2 is 0.855 bits per heavy atom. The van der Waals surface area contributed by atoms with Gasteiger partial charge < -0.3 is 13.9 Å². The van der Waals surface area contributed by atoms with Crippen molar-refractivity contribution in [3.8, 4) is 39.1 Å². The molecule has 69 heavy (non-hydrogen) atoms. The monoisotopic (exact) mass is 878 g/mol. The van der Waals surface area contributed by atoms with E-state index in [1.165, 1.54) is 65.3 Å². The molecule has 3 heteroatoms. The summed E-state index contributed by atoms with van der Waals surface area (Å²) in [5, 5.41) is 12.1. The molecule has 3 nitrogen and oxygen atoms in total. The zero-order chi connectivity index (χ0) is 45.4. The minimum atomic E-state index is 0.882. The molecule has 0 bridgehead atoms. The van der Waals surface area contributed by atoms with Gasteiger partial charge in [-0.3, -0.25) is 0 Å². The first-order valence-electron chi connectivity index (χ1n) is 23.7. The SMILES string of the molecule is c1cc(-c2ccc(N(c3ccc(-c4cc5ccccc5c5ccccc45)cc3)c3ccccc3-c3cccc4c3oc3cc5ccccc5cc34)cc2)cc(-n2c3ccccc3c3ccccc32)c1. The molecule has 14 aromatic rings. The summed E-state index contributed by atoms with van der Waals surface area (Å²) in [6, 6.07) is 92.5. The first-order valence-corrected chi connectivity index (χ1v) is 23.7. The summed E-state index contributed by atoms with van der Waals surface area (Å²) < 4.78 is 9.24. The summed E-state index contributed by atoms with van der Waals surface area (Å²) in [4.78, 5) is 2.39. The normalized spacial score (nSPS) is 11.8. The Bertz CT molecular complexity index is 4260. The summed E-state index contributed by atoms with van der Waals surface area (Å²) in [7, 11) is 0. The van der Waals surface area contributed by atoms with E-state index in [0.29, 0.717) is 0 Å². The van der Waals surface area contributed by atoms with Crippen molar-refractivity contribution >= 4 is 93.1 Å². The Hall–Kier alpha value is -9.18. The molecule has 0 aliphatic heterocycles. The van der Waals surface area contributed by atoms with Crippen LogP contribution in [0.15, 0.2) is 259 Å². The fourth-order valence-corrected chi connectivity index (χ4v) is 10.9. The highest BCUT2D eigenvalue weighted by Crippen LogP contribution is 2.46. The van der Waals surface area contributed by atoms with Crippen LogP contribution in [0, 0.1) is 0 Å². The lowest BCUT2D eigenvalue weighted by Gasteiger charge is -2.28. The zero-order valence-electron chi connectivity index (χ0n) is 37.6. The molecule has 12 aromatic carbocycles. The number of rotatable bonds is 7. The molecule has 0 spiro atoms. The van der Waals surface area contributed by atoms with Gasteiger partial charge in [0.15, 0.2) is 0 Å². The van der Waals surface area contributed by atoms with Gasteiger partial charge in [-0.2, -0.15) is 0 Å². The molecule has 322 valence electrons. The van der Waals surface area contributed by atoms with Crippen LogP contribution < -0.4 is 4.90 Å². The zero-order valence-corrected chi connectivity index (χ0v) is 37.6. The fraction of sp³-hybridized carbons (Fsp3) is 0. The summed E-state index contributed by atoms with van der Waals surface area (Å²) in [5.74, 6) is 0. The molecule has 0 saturated heterocycles. The average Bonchev–Trinajstić information content (AvgIpc) is 3.96. The van der Waals surface area contributed by atoms with Gasteiger partial charge in [-0.05, 0) is 127 Å². The minimum Gasteiger partial charge on any atom is -0.455 e. The summed E-state index contributed by atoms with van der Waals surface area (Å²) in [6.07, 6.45) is 0. The summed E-state index contributed by atoms with van der Waals surface area (Å²) in [6.45, 7) is 0. The molecular formula is C66H42N2O. The molecule has 2 aromatic heterocycles. The predicted molar refractivity (Wildman–Crippen MR) is 292 cm³/mol. The van der Waals surface area contributed by atoms with Crippen molar-refractivity contribution < 1.29 is 4.42 Å². The molecule has 14 rings (SSSR count). The molecule has 0 aliphatic rings. The Kier molecular flexibility index (Phi) is 8.90. The second-order valence-corrected chi connectivity index (χ2v) is 18.0. The van der Waals surface area contributed by atoms with Crippen LogP contribution in [0.2, 0.25) is 0 Å². The number of furan rings is 1. The lowest BCUT2D eigenvalue weighted by Crippen LogP contribution is -2.11. The van der Waals surface area contributed by atoms with Gasteiger partial charge in [-0.15, -0.1) is 0 Å². The van der Waals surface area contributed by atoms with Crippen molar-refractivity contribution in [2.24, 2.45) is 0 Å². The van der Waals surface area contributed by atoms with Gasteiger partial charge in [0.25, 0.3) is 0 Å². The maximum Gasteiger partial charge on any atom is 0.143 e. The van der Waals surface area contributed by atoms with Crippen LogP contribution >= 0.6 is 0 Å². The van der Waals surface area contributed by atoms with Gasteiger partial charge in [-0.1, -0.05) is 182 Å². The van der Waals surface area contributed by atoms with E-state index in [9.17, 15) is 0 Å².